The first-order valence-electron chi connectivity index (χ1n) is 10.4. The molecule has 4 nitrogen and oxygen atoms in total. The third-order valence-corrected chi connectivity index (χ3v) is 6.35. The average molecular weight is 452 g/mol. The Morgan fingerprint density at radius 2 is 1.77 bits per heavy atom. The van der Waals surface area contributed by atoms with Crippen molar-refractivity contribution in [2.24, 2.45) is 5.92 Å². The van der Waals surface area contributed by atoms with Crippen LogP contribution in [0.5, 0.6) is 11.5 Å². The van der Waals surface area contributed by atoms with Crippen molar-refractivity contribution < 1.29 is 23.0 Å². The normalized spacial score (nSPS) is 21.5. The molecule has 2 aromatic carbocycles. The van der Waals surface area contributed by atoms with Crippen LogP contribution in [0.4, 0.5) is 8.78 Å². The minimum atomic E-state index is -1.87. The predicted molar refractivity (Wildman–Crippen MR) is 118 cm³/mol. The Bertz CT molecular complexity index is 946. The zero-order valence-electron chi connectivity index (χ0n) is 17.8. The largest absolute Gasteiger partial charge is 0.493 e. The van der Waals surface area contributed by atoms with Crippen molar-refractivity contribution in [3.63, 3.8) is 0 Å². The quantitative estimate of drug-likeness (QED) is 0.618. The molecule has 2 aliphatic rings. The first kappa shape index (κ1) is 23.5. The Morgan fingerprint density at radius 1 is 1.10 bits per heavy atom. The lowest BCUT2D eigenvalue weighted by Gasteiger charge is -2.34. The molecule has 1 atom stereocenters. The zero-order valence-corrected chi connectivity index (χ0v) is 18.6. The highest BCUT2D eigenvalue weighted by Crippen LogP contribution is 2.43. The molecule has 4 rings (SSSR count). The van der Waals surface area contributed by atoms with Crippen LogP contribution in [0.3, 0.4) is 0 Å². The number of benzene rings is 2. The summed E-state index contributed by atoms with van der Waals surface area (Å²) in [5.41, 5.74) is 0.164. The van der Waals surface area contributed by atoms with Crippen LogP contribution in [0.15, 0.2) is 36.4 Å². The number of rotatable bonds is 6. The molecular formula is C24H28ClF2NO3. The summed E-state index contributed by atoms with van der Waals surface area (Å²) in [6, 6.07) is 9.95. The summed E-state index contributed by atoms with van der Waals surface area (Å²) < 4.78 is 39.7. The van der Waals surface area contributed by atoms with Crippen molar-refractivity contribution >= 4 is 18.2 Å². The van der Waals surface area contributed by atoms with Gasteiger partial charge >= 0.3 is 0 Å². The molecule has 0 aromatic heterocycles. The van der Waals surface area contributed by atoms with Crippen LogP contribution >= 0.6 is 12.4 Å². The van der Waals surface area contributed by atoms with Crippen LogP contribution in [-0.4, -0.2) is 43.7 Å². The number of likely N-dealkylation sites (tertiary alicyclic amines) is 1. The number of methoxy groups -OCH3 is 2. The Kier molecular flexibility index (Phi) is 7.22. The van der Waals surface area contributed by atoms with Crippen LogP contribution in [0, 0.1) is 11.7 Å². The molecule has 1 aliphatic carbocycles. The van der Waals surface area contributed by atoms with E-state index in [-0.39, 0.29) is 37.0 Å². The number of carbonyl (C=O) groups excluding carboxylic acids is 1. The van der Waals surface area contributed by atoms with E-state index < -0.39 is 11.5 Å². The van der Waals surface area contributed by atoms with Gasteiger partial charge in [0.1, 0.15) is 5.82 Å². The number of nitrogens with zero attached hydrogens (tertiary/aromatic N) is 1. The summed E-state index contributed by atoms with van der Waals surface area (Å²) in [6.07, 6.45) is 1.98. The van der Waals surface area contributed by atoms with Crippen molar-refractivity contribution in [3.8, 4) is 11.5 Å². The lowest BCUT2D eigenvalue weighted by Crippen LogP contribution is -2.38. The van der Waals surface area contributed by atoms with E-state index in [9.17, 15) is 9.18 Å². The maximum absolute atomic E-state index is 15.8. The highest BCUT2D eigenvalue weighted by molar-refractivity contribution is 6.07. The highest BCUT2D eigenvalue weighted by atomic mass is 35.5. The fraction of sp³-hybridized carbons (Fsp3) is 0.458. The monoisotopic (exact) mass is 451 g/mol. The van der Waals surface area contributed by atoms with E-state index in [0.717, 1.165) is 31.5 Å². The first-order valence-corrected chi connectivity index (χ1v) is 10.4. The van der Waals surface area contributed by atoms with Crippen LogP contribution in [0.1, 0.15) is 40.7 Å². The van der Waals surface area contributed by atoms with Gasteiger partial charge in [0.15, 0.2) is 17.2 Å². The maximum Gasteiger partial charge on any atom is 0.200 e. The van der Waals surface area contributed by atoms with Crippen molar-refractivity contribution in [1.82, 2.24) is 4.90 Å². The first-order chi connectivity index (χ1) is 14.4. The van der Waals surface area contributed by atoms with Gasteiger partial charge in [0.25, 0.3) is 0 Å². The number of ether oxygens (including phenoxy) is 2. The van der Waals surface area contributed by atoms with Crippen molar-refractivity contribution in [2.75, 3.05) is 27.3 Å². The number of fused-ring (bicyclic) bond motifs is 1. The summed E-state index contributed by atoms with van der Waals surface area (Å²) in [5, 5.41) is 0. The number of alkyl halides is 1. The molecule has 0 bridgehead atoms. The molecule has 7 heteroatoms. The molecule has 31 heavy (non-hydrogen) atoms. The van der Waals surface area contributed by atoms with Crippen LogP contribution in [0.2, 0.25) is 0 Å². The molecule has 0 N–H and O–H groups in total. The number of hydrogen-bond acceptors (Lipinski definition) is 4. The number of halogens is 3. The molecule has 0 radical (unpaired) electrons. The fourth-order valence-electron chi connectivity index (χ4n) is 4.77. The second-order valence-electron chi connectivity index (χ2n) is 8.39. The maximum atomic E-state index is 15.8. The SMILES string of the molecule is COc1cc2c(cc1OC)C(=O)[C@](F)(CC1CCN(Cc3cccc(F)c3)CC1)C2.Cl. The van der Waals surface area contributed by atoms with Crippen molar-refractivity contribution in [3.05, 3.63) is 58.9 Å². The van der Waals surface area contributed by atoms with Crippen LogP contribution in [0.25, 0.3) is 0 Å². The number of piperidine rings is 1. The van der Waals surface area contributed by atoms with E-state index in [4.69, 9.17) is 9.47 Å². The van der Waals surface area contributed by atoms with E-state index in [1.54, 1.807) is 24.3 Å². The van der Waals surface area contributed by atoms with Gasteiger partial charge in [-0.05, 0) is 73.7 Å². The van der Waals surface area contributed by atoms with Gasteiger partial charge in [-0.25, -0.2) is 8.78 Å². The van der Waals surface area contributed by atoms with Crippen molar-refractivity contribution in [1.29, 1.82) is 0 Å². The molecule has 1 saturated heterocycles. The van der Waals surface area contributed by atoms with E-state index in [1.807, 2.05) is 6.07 Å². The standard InChI is InChI=1S/C24H27F2NO3.ClH/c1-29-21-11-18-14-24(26,23(28)20(18)12-22(21)30-2)13-16-6-8-27(9-7-16)15-17-4-3-5-19(25)10-17;/h3-5,10-12,16H,6-9,13-15H2,1-2H3;1H/t24-;/m0./s1. The van der Waals surface area contributed by atoms with Crippen molar-refractivity contribution in [2.45, 2.75) is 37.9 Å². The van der Waals surface area contributed by atoms with Gasteiger partial charge in [-0.1, -0.05) is 12.1 Å². The molecule has 0 amide bonds. The summed E-state index contributed by atoms with van der Waals surface area (Å²) in [4.78, 5) is 15.1. The van der Waals surface area contributed by atoms with Gasteiger partial charge in [0, 0.05) is 18.5 Å². The lowest BCUT2D eigenvalue weighted by atomic mass is 9.83. The Balaban J connectivity index is 0.00000272. The highest BCUT2D eigenvalue weighted by Gasteiger charge is 2.48. The minimum Gasteiger partial charge on any atom is -0.493 e. The second kappa shape index (κ2) is 9.53. The third-order valence-electron chi connectivity index (χ3n) is 6.35. The Labute approximate surface area is 187 Å². The van der Waals surface area contributed by atoms with Gasteiger partial charge in [-0.3, -0.25) is 9.69 Å². The topological polar surface area (TPSA) is 38.8 Å². The molecule has 2 aromatic rings. The number of hydrogen-bond donors (Lipinski definition) is 0. The molecule has 1 heterocycles. The van der Waals surface area contributed by atoms with Gasteiger partial charge in [0.05, 0.1) is 14.2 Å². The van der Waals surface area contributed by atoms with Crippen LogP contribution in [-0.2, 0) is 13.0 Å². The Morgan fingerprint density at radius 3 is 2.42 bits per heavy atom. The fourth-order valence-corrected chi connectivity index (χ4v) is 4.77. The van der Waals surface area contributed by atoms with E-state index in [1.165, 1.54) is 20.3 Å². The predicted octanol–water partition coefficient (Wildman–Crippen LogP) is 5.01. The molecule has 168 valence electrons. The van der Waals surface area contributed by atoms with E-state index in [0.29, 0.717) is 29.2 Å². The third kappa shape index (κ3) is 4.85. The molecule has 0 unspecified atom stereocenters. The summed E-state index contributed by atoms with van der Waals surface area (Å²) >= 11 is 0. The lowest BCUT2D eigenvalue weighted by molar-refractivity contribution is 0.0587. The molecular weight excluding hydrogens is 424 g/mol. The number of ketones is 1. The van der Waals surface area contributed by atoms with E-state index >= 15 is 4.39 Å². The summed E-state index contributed by atoms with van der Waals surface area (Å²) in [7, 11) is 3.03. The average Bonchev–Trinajstić information content (AvgIpc) is 2.98. The summed E-state index contributed by atoms with van der Waals surface area (Å²) in [5.74, 6) is 0.439. The van der Waals surface area contributed by atoms with Gasteiger partial charge < -0.3 is 9.47 Å². The molecule has 1 fully saturated rings. The number of Topliss-reactive ketones (excluding diaryl/α,β-unsaturated/α-hetero) is 1. The van der Waals surface area contributed by atoms with E-state index in [2.05, 4.69) is 4.90 Å². The van der Waals surface area contributed by atoms with Gasteiger partial charge in [-0.15, -0.1) is 12.4 Å². The van der Waals surface area contributed by atoms with Gasteiger partial charge in [0.2, 0.25) is 5.78 Å². The molecule has 0 spiro atoms. The van der Waals surface area contributed by atoms with Crippen LogP contribution < -0.4 is 9.47 Å². The number of carbonyl (C=O) groups is 1. The zero-order chi connectivity index (χ0) is 21.3. The summed E-state index contributed by atoms with van der Waals surface area (Å²) in [6.45, 7) is 2.33. The molecule has 1 aliphatic heterocycles. The minimum absolute atomic E-state index is 0. The smallest absolute Gasteiger partial charge is 0.200 e. The molecule has 0 saturated carbocycles. The second-order valence-corrected chi connectivity index (χ2v) is 8.39. The Hall–Kier alpha value is -2.18. The van der Waals surface area contributed by atoms with Gasteiger partial charge in [-0.2, -0.15) is 0 Å².